The summed E-state index contributed by atoms with van der Waals surface area (Å²) in [5.74, 6) is -0.240. The number of nitrogens with zero attached hydrogens (tertiary/aromatic N) is 2. The summed E-state index contributed by atoms with van der Waals surface area (Å²) in [5.41, 5.74) is 2.64. The zero-order valence-electron chi connectivity index (χ0n) is 13.9. The first-order chi connectivity index (χ1) is 12.6. The van der Waals surface area contributed by atoms with Crippen molar-refractivity contribution in [2.45, 2.75) is 0 Å². The minimum Gasteiger partial charge on any atom is -0.546 e. The highest BCUT2D eigenvalue weighted by molar-refractivity contribution is 5.90. The lowest BCUT2D eigenvalue weighted by Crippen LogP contribution is -2.29. The first kappa shape index (κ1) is 17.0. The Hall–Kier alpha value is -3.79. The molecule has 0 atom stereocenters. The smallest absolute Gasteiger partial charge is 0.161 e. The zero-order valence-corrected chi connectivity index (χ0v) is 13.9. The molecule has 26 heavy (non-hydrogen) atoms. The van der Waals surface area contributed by atoms with Crippen molar-refractivity contribution in [3.05, 3.63) is 53.9 Å². The molecule has 0 bridgehead atoms. The molecular formula is C19H14N3O4-. The number of aromatic nitrogens is 2. The summed E-state index contributed by atoms with van der Waals surface area (Å²) in [6, 6.07) is 14.5. The highest BCUT2D eigenvalue weighted by Gasteiger charge is 2.10. The van der Waals surface area contributed by atoms with Crippen molar-refractivity contribution in [2.24, 2.45) is 0 Å². The second kappa shape index (κ2) is 7.40. The van der Waals surface area contributed by atoms with E-state index in [-0.39, 0.29) is 5.75 Å². The first-order valence-corrected chi connectivity index (χ1v) is 7.68. The van der Waals surface area contributed by atoms with E-state index >= 15 is 0 Å². The fraction of sp³-hybridized carbons (Fsp3) is 0.105. The zero-order chi connectivity index (χ0) is 18.5. The van der Waals surface area contributed by atoms with Gasteiger partial charge in [-0.2, -0.15) is 5.26 Å². The van der Waals surface area contributed by atoms with E-state index in [0.29, 0.717) is 22.7 Å². The molecule has 0 radical (unpaired) electrons. The normalized spacial score (nSPS) is 11.2. The van der Waals surface area contributed by atoms with Crippen LogP contribution >= 0.6 is 0 Å². The van der Waals surface area contributed by atoms with E-state index in [9.17, 15) is 15.2 Å². The van der Waals surface area contributed by atoms with Gasteiger partial charge >= 0.3 is 0 Å². The van der Waals surface area contributed by atoms with E-state index in [0.717, 1.165) is 11.0 Å². The molecule has 3 aromatic rings. The van der Waals surface area contributed by atoms with E-state index < -0.39 is 12.6 Å². The molecule has 0 saturated carbocycles. The standard InChI is InChI=1S/C19H15N3O4/c1-25-17-9-12(6-7-16(17)26-11-18(23)24)8-13(10-20)19-21-14-4-2-3-5-15(14)22-19/h2-9H,11H2,1H3,(H,21,22)(H,23,24)/p-1/b13-8+. The number of carboxylic acids is 1. The van der Waals surface area contributed by atoms with Crippen LogP contribution in [0.15, 0.2) is 42.5 Å². The van der Waals surface area contributed by atoms with E-state index in [1.807, 2.05) is 24.3 Å². The number of fused-ring (bicyclic) bond motifs is 1. The molecule has 0 amide bonds. The number of benzene rings is 2. The molecule has 130 valence electrons. The van der Waals surface area contributed by atoms with Gasteiger partial charge in [-0.25, -0.2) is 4.98 Å². The number of aromatic amines is 1. The van der Waals surface area contributed by atoms with Gasteiger partial charge in [0.25, 0.3) is 0 Å². The van der Waals surface area contributed by atoms with Crippen molar-refractivity contribution in [3.63, 3.8) is 0 Å². The Kier molecular flexibility index (Phi) is 4.85. The fourth-order valence-corrected chi connectivity index (χ4v) is 2.43. The Balaban J connectivity index is 1.93. The van der Waals surface area contributed by atoms with E-state index in [1.54, 1.807) is 24.3 Å². The summed E-state index contributed by atoms with van der Waals surface area (Å²) in [7, 11) is 1.44. The van der Waals surface area contributed by atoms with Crippen LogP contribution in [0.25, 0.3) is 22.7 Å². The van der Waals surface area contributed by atoms with Gasteiger partial charge in [-0.1, -0.05) is 18.2 Å². The molecule has 7 nitrogen and oxygen atoms in total. The number of carboxylic acid groups (broad SMARTS) is 1. The topological polar surface area (TPSA) is 111 Å². The lowest BCUT2D eigenvalue weighted by atomic mass is 10.1. The van der Waals surface area contributed by atoms with E-state index in [2.05, 4.69) is 16.0 Å². The van der Waals surface area contributed by atoms with Crippen LogP contribution in [-0.4, -0.2) is 29.7 Å². The van der Waals surface area contributed by atoms with Gasteiger partial charge in [0.2, 0.25) is 0 Å². The number of H-pyrrole nitrogens is 1. The van der Waals surface area contributed by atoms with Crippen molar-refractivity contribution < 1.29 is 19.4 Å². The Morgan fingerprint density at radius 1 is 1.31 bits per heavy atom. The fourth-order valence-electron chi connectivity index (χ4n) is 2.43. The molecule has 0 fully saturated rings. The van der Waals surface area contributed by atoms with Crippen LogP contribution < -0.4 is 14.6 Å². The predicted molar refractivity (Wildman–Crippen MR) is 93.1 cm³/mol. The molecule has 2 aromatic carbocycles. The molecule has 1 aromatic heterocycles. The number of carbonyl (C=O) groups excluding carboxylic acids is 1. The van der Waals surface area contributed by atoms with Crippen molar-refractivity contribution in [3.8, 4) is 17.6 Å². The molecule has 0 aliphatic rings. The molecule has 0 unspecified atom stereocenters. The van der Waals surface area contributed by atoms with Crippen molar-refractivity contribution in [1.82, 2.24) is 9.97 Å². The third-order valence-electron chi connectivity index (χ3n) is 3.61. The molecular weight excluding hydrogens is 334 g/mol. The predicted octanol–water partition coefficient (Wildman–Crippen LogP) is 1.76. The lowest BCUT2D eigenvalue weighted by Gasteiger charge is -2.11. The Labute approximate surface area is 149 Å². The van der Waals surface area contributed by atoms with Crippen LogP contribution in [0.1, 0.15) is 11.4 Å². The number of aliphatic carboxylic acids is 1. The molecule has 1 N–H and O–H groups in total. The molecule has 0 aliphatic heterocycles. The molecule has 3 rings (SSSR count). The average molecular weight is 348 g/mol. The van der Waals surface area contributed by atoms with Gasteiger partial charge in [-0.3, -0.25) is 0 Å². The minimum absolute atomic E-state index is 0.274. The molecule has 0 aliphatic carbocycles. The number of hydrogen-bond donors (Lipinski definition) is 1. The van der Waals surface area contributed by atoms with Gasteiger partial charge in [0, 0.05) is 0 Å². The van der Waals surface area contributed by atoms with Crippen molar-refractivity contribution in [1.29, 1.82) is 5.26 Å². The third kappa shape index (κ3) is 3.65. The SMILES string of the molecule is COc1cc(/C=C(\C#N)c2nc3ccccc3[nH]2)ccc1OCC(=O)[O-]. The van der Waals surface area contributed by atoms with Gasteiger partial charge in [0.05, 0.1) is 29.7 Å². The number of nitrogens with one attached hydrogen (secondary N) is 1. The van der Waals surface area contributed by atoms with Crippen LogP contribution in [0.5, 0.6) is 11.5 Å². The number of para-hydroxylation sites is 2. The number of nitriles is 1. The van der Waals surface area contributed by atoms with Crippen LogP contribution in [-0.2, 0) is 4.79 Å². The van der Waals surface area contributed by atoms with Gasteiger partial charge in [0.15, 0.2) is 11.5 Å². The summed E-state index contributed by atoms with van der Waals surface area (Å²) in [6.45, 7) is -0.575. The van der Waals surface area contributed by atoms with Gasteiger partial charge in [0.1, 0.15) is 18.5 Å². The lowest BCUT2D eigenvalue weighted by molar-refractivity contribution is -0.307. The summed E-state index contributed by atoms with van der Waals surface area (Å²) in [5, 5.41) is 20.0. The molecule has 1 heterocycles. The monoisotopic (exact) mass is 348 g/mol. The average Bonchev–Trinajstić information content (AvgIpc) is 3.08. The van der Waals surface area contributed by atoms with Gasteiger partial charge < -0.3 is 24.4 Å². The van der Waals surface area contributed by atoms with Gasteiger partial charge in [-0.15, -0.1) is 0 Å². The quantitative estimate of drug-likeness (QED) is 0.680. The minimum atomic E-state index is -1.33. The summed E-state index contributed by atoms with van der Waals surface area (Å²) < 4.78 is 10.3. The second-order valence-electron chi connectivity index (χ2n) is 5.34. The van der Waals surface area contributed by atoms with E-state index in [4.69, 9.17) is 9.47 Å². The highest BCUT2D eigenvalue weighted by atomic mass is 16.5. The summed E-state index contributed by atoms with van der Waals surface area (Å²) in [6.07, 6.45) is 1.66. The van der Waals surface area contributed by atoms with Crippen LogP contribution in [0.4, 0.5) is 0 Å². The number of hydrogen-bond acceptors (Lipinski definition) is 6. The number of methoxy groups -OCH3 is 1. The van der Waals surface area contributed by atoms with E-state index in [1.165, 1.54) is 7.11 Å². The molecule has 7 heteroatoms. The number of allylic oxidation sites excluding steroid dienone is 1. The molecule has 0 saturated heterocycles. The second-order valence-corrected chi connectivity index (χ2v) is 5.34. The van der Waals surface area contributed by atoms with Crippen LogP contribution in [0.2, 0.25) is 0 Å². The maximum absolute atomic E-state index is 10.5. The summed E-state index contributed by atoms with van der Waals surface area (Å²) in [4.78, 5) is 18.0. The number of imidazole rings is 1. The van der Waals surface area contributed by atoms with Crippen LogP contribution in [0, 0.1) is 11.3 Å². The van der Waals surface area contributed by atoms with Crippen molar-refractivity contribution >= 4 is 28.7 Å². The largest absolute Gasteiger partial charge is 0.546 e. The van der Waals surface area contributed by atoms with Crippen LogP contribution in [0.3, 0.4) is 0 Å². The van der Waals surface area contributed by atoms with Crippen molar-refractivity contribution in [2.75, 3.05) is 13.7 Å². The highest BCUT2D eigenvalue weighted by Crippen LogP contribution is 2.29. The maximum Gasteiger partial charge on any atom is 0.161 e. The number of rotatable bonds is 6. The van der Waals surface area contributed by atoms with Gasteiger partial charge in [-0.05, 0) is 35.9 Å². The number of carbonyl (C=O) groups is 1. The number of ether oxygens (including phenoxy) is 2. The maximum atomic E-state index is 10.5. The third-order valence-corrected chi connectivity index (χ3v) is 3.61. The molecule has 0 spiro atoms. The summed E-state index contributed by atoms with van der Waals surface area (Å²) >= 11 is 0. The Morgan fingerprint density at radius 3 is 2.81 bits per heavy atom. The first-order valence-electron chi connectivity index (χ1n) is 7.68. The Morgan fingerprint density at radius 2 is 2.12 bits per heavy atom. The Bertz CT molecular complexity index is 998.